The van der Waals surface area contributed by atoms with Crippen LogP contribution in [0.2, 0.25) is 0 Å². The van der Waals surface area contributed by atoms with Crippen molar-refractivity contribution < 1.29 is 22.7 Å². The van der Waals surface area contributed by atoms with E-state index >= 15 is 0 Å². The zero-order chi connectivity index (χ0) is 17.7. The molecule has 2 aromatic rings. The Balaban J connectivity index is 2.12. The molecule has 1 N–H and O–H groups in total. The molecule has 0 spiro atoms. The van der Waals surface area contributed by atoms with Crippen molar-refractivity contribution in [1.82, 2.24) is 0 Å². The van der Waals surface area contributed by atoms with Crippen LogP contribution in [0.4, 0.5) is 18.9 Å². The van der Waals surface area contributed by atoms with E-state index in [1.807, 2.05) is 0 Å². The molecule has 0 saturated heterocycles. The van der Waals surface area contributed by atoms with Crippen LogP contribution in [-0.4, -0.2) is 17.3 Å². The second-order valence-corrected chi connectivity index (χ2v) is 6.43. The molecule has 0 heterocycles. The molecule has 0 saturated carbocycles. The molecule has 2 aromatic carbocycles. The predicted molar refractivity (Wildman–Crippen MR) is 88.0 cm³/mol. The van der Waals surface area contributed by atoms with Crippen LogP contribution in [0.15, 0.2) is 53.4 Å². The molecule has 3 nitrogen and oxygen atoms in total. The van der Waals surface area contributed by atoms with Crippen molar-refractivity contribution in [2.24, 2.45) is 0 Å². The second-order valence-electron chi connectivity index (χ2n) is 5.40. The van der Waals surface area contributed by atoms with Gasteiger partial charge < -0.3 is 10.1 Å². The van der Waals surface area contributed by atoms with Gasteiger partial charge in [-0.2, -0.15) is 8.78 Å². The van der Waals surface area contributed by atoms with Crippen LogP contribution in [0.3, 0.4) is 0 Å². The highest BCUT2D eigenvalue weighted by atomic mass is 32.2. The molecular formula is C17H16F3NO2S. The number of carbonyl (C=O) groups excluding carboxylic acids is 1. The van der Waals surface area contributed by atoms with Crippen molar-refractivity contribution in [2.75, 3.05) is 5.32 Å². The number of hydrogen-bond donors (Lipinski definition) is 1. The van der Waals surface area contributed by atoms with E-state index in [1.165, 1.54) is 50.2 Å². The van der Waals surface area contributed by atoms with Gasteiger partial charge >= 0.3 is 0 Å². The Kier molecular flexibility index (Phi) is 5.77. The third kappa shape index (κ3) is 4.92. The van der Waals surface area contributed by atoms with E-state index in [0.717, 1.165) is 0 Å². The van der Waals surface area contributed by atoms with E-state index < -0.39 is 23.1 Å². The number of carbonyl (C=O) groups is 1. The lowest BCUT2D eigenvalue weighted by Crippen LogP contribution is -2.42. The summed E-state index contributed by atoms with van der Waals surface area (Å²) in [6.07, 6.45) is 0. The summed E-state index contributed by atoms with van der Waals surface area (Å²) in [7, 11) is 0. The summed E-state index contributed by atoms with van der Waals surface area (Å²) < 4.78 is 43.7. The molecule has 0 aliphatic rings. The van der Waals surface area contributed by atoms with Gasteiger partial charge in [0.2, 0.25) is 0 Å². The number of nitrogens with one attached hydrogen (secondary N) is 1. The smallest absolute Gasteiger partial charge is 0.288 e. The van der Waals surface area contributed by atoms with Crippen LogP contribution in [0.1, 0.15) is 13.8 Å². The maximum atomic E-state index is 12.9. The summed E-state index contributed by atoms with van der Waals surface area (Å²) in [5, 5.41) is 2.60. The first-order chi connectivity index (χ1) is 11.3. The van der Waals surface area contributed by atoms with Gasteiger partial charge in [-0.3, -0.25) is 4.79 Å². The van der Waals surface area contributed by atoms with Gasteiger partial charge in [0.15, 0.2) is 5.60 Å². The Hall–Kier alpha value is -2.15. The number of thioether (sulfide) groups is 1. The van der Waals surface area contributed by atoms with Crippen LogP contribution in [0, 0.1) is 5.82 Å². The monoisotopic (exact) mass is 355 g/mol. The largest absolute Gasteiger partial charge is 0.478 e. The van der Waals surface area contributed by atoms with Crippen LogP contribution in [-0.2, 0) is 4.79 Å². The van der Waals surface area contributed by atoms with E-state index in [9.17, 15) is 18.0 Å². The maximum Gasteiger partial charge on any atom is 0.288 e. The Morgan fingerprint density at radius 3 is 2.38 bits per heavy atom. The topological polar surface area (TPSA) is 38.3 Å². The molecule has 0 fully saturated rings. The third-order valence-electron chi connectivity index (χ3n) is 3.08. The summed E-state index contributed by atoms with van der Waals surface area (Å²) in [4.78, 5) is 12.7. The highest BCUT2D eigenvalue weighted by Gasteiger charge is 2.30. The van der Waals surface area contributed by atoms with E-state index in [-0.39, 0.29) is 10.6 Å². The summed E-state index contributed by atoms with van der Waals surface area (Å²) >= 11 is 0.353. The minimum absolute atomic E-state index is 0.262. The lowest BCUT2D eigenvalue weighted by atomic mass is 10.1. The summed E-state index contributed by atoms with van der Waals surface area (Å²) in [5.74, 6) is -3.19. The molecule has 1 amide bonds. The zero-order valence-corrected chi connectivity index (χ0v) is 13.9. The third-order valence-corrected chi connectivity index (χ3v) is 3.87. The summed E-state index contributed by atoms with van der Waals surface area (Å²) in [6.45, 7) is 3.07. The van der Waals surface area contributed by atoms with Crippen molar-refractivity contribution in [3.05, 3.63) is 54.3 Å². The number of halogens is 3. The van der Waals surface area contributed by atoms with Crippen molar-refractivity contribution >= 4 is 23.4 Å². The highest BCUT2D eigenvalue weighted by Crippen LogP contribution is 2.32. The minimum atomic E-state index is -2.59. The Labute approximate surface area is 142 Å². The van der Waals surface area contributed by atoms with E-state index in [1.54, 1.807) is 12.1 Å². The van der Waals surface area contributed by atoms with Crippen molar-refractivity contribution in [2.45, 2.75) is 30.1 Å². The van der Waals surface area contributed by atoms with Gasteiger partial charge in [-0.1, -0.05) is 23.9 Å². The number of hydrogen-bond acceptors (Lipinski definition) is 3. The molecule has 0 bridgehead atoms. The molecule has 7 heteroatoms. The van der Waals surface area contributed by atoms with Crippen LogP contribution < -0.4 is 10.1 Å². The molecule has 0 atom stereocenters. The fraction of sp³-hybridized carbons (Fsp3) is 0.235. The number of benzene rings is 2. The Morgan fingerprint density at radius 2 is 1.75 bits per heavy atom. The second kappa shape index (κ2) is 7.61. The number of rotatable bonds is 6. The summed E-state index contributed by atoms with van der Waals surface area (Å²) in [5.41, 5.74) is -0.996. The fourth-order valence-electron chi connectivity index (χ4n) is 1.89. The molecule has 24 heavy (non-hydrogen) atoms. The Morgan fingerprint density at radius 1 is 1.12 bits per heavy atom. The molecule has 0 aliphatic carbocycles. The average Bonchev–Trinajstić information content (AvgIpc) is 2.51. The van der Waals surface area contributed by atoms with Crippen LogP contribution in [0.5, 0.6) is 5.75 Å². The normalized spacial score (nSPS) is 11.4. The SMILES string of the molecule is CC(C)(Oc1ccc(F)cc1)C(=O)Nc1ccccc1SC(F)F. The predicted octanol–water partition coefficient (Wildman–Crippen LogP) is 4.94. The fourth-order valence-corrected chi connectivity index (χ4v) is 2.48. The lowest BCUT2D eigenvalue weighted by Gasteiger charge is -2.25. The van der Waals surface area contributed by atoms with E-state index in [4.69, 9.17) is 4.74 Å². The van der Waals surface area contributed by atoms with Crippen molar-refractivity contribution in [1.29, 1.82) is 0 Å². The van der Waals surface area contributed by atoms with Gasteiger partial charge in [0.25, 0.3) is 11.7 Å². The number of anilines is 1. The molecule has 2 rings (SSSR count). The summed E-state index contributed by atoms with van der Waals surface area (Å²) in [6, 6.07) is 11.5. The standard InChI is InChI=1S/C17H16F3NO2S/c1-17(2,23-12-9-7-11(18)8-10-12)15(22)21-13-5-3-4-6-14(13)24-16(19)20/h3-10,16H,1-2H3,(H,21,22). The molecule has 0 unspecified atom stereocenters. The molecular weight excluding hydrogens is 339 g/mol. The van der Waals surface area contributed by atoms with E-state index in [0.29, 0.717) is 17.5 Å². The zero-order valence-electron chi connectivity index (χ0n) is 13.1. The quantitative estimate of drug-likeness (QED) is 0.746. The highest BCUT2D eigenvalue weighted by molar-refractivity contribution is 7.99. The average molecular weight is 355 g/mol. The molecule has 128 valence electrons. The number of para-hydroxylation sites is 1. The van der Waals surface area contributed by atoms with Gasteiger partial charge in [-0.05, 0) is 50.2 Å². The maximum absolute atomic E-state index is 12.9. The number of ether oxygens (including phenoxy) is 1. The van der Waals surface area contributed by atoms with Gasteiger partial charge in [0, 0.05) is 4.90 Å². The van der Waals surface area contributed by atoms with Gasteiger partial charge in [0.05, 0.1) is 5.69 Å². The van der Waals surface area contributed by atoms with E-state index in [2.05, 4.69) is 5.32 Å². The van der Waals surface area contributed by atoms with Crippen molar-refractivity contribution in [3.63, 3.8) is 0 Å². The Bertz CT molecular complexity index is 705. The molecule has 0 aliphatic heterocycles. The first kappa shape index (κ1) is 18.2. The number of alkyl halides is 2. The first-order valence-electron chi connectivity index (χ1n) is 7.08. The van der Waals surface area contributed by atoms with Gasteiger partial charge in [-0.25, -0.2) is 4.39 Å². The number of amides is 1. The molecule has 0 radical (unpaired) electrons. The van der Waals surface area contributed by atoms with Gasteiger partial charge in [-0.15, -0.1) is 0 Å². The van der Waals surface area contributed by atoms with Gasteiger partial charge in [0.1, 0.15) is 11.6 Å². The minimum Gasteiger partial charge on any atom is -0.478 e. The van der Waals surface area contributed by atoms with Crippen LogP contribution in [0.25, 0.3) is 0 Å². The lowest BCUT2D eigenvalue weighted by molar-refractivity contribution is -0.128. The molecule has 0 aromatic heterocycles. The first-order valence-corrected chi connectivity index (χ1v) is 7.96. The van der Waals surface area contributed by atoms with Crippen molar-refractivity contribution in [3.8, 4) is 5.75 Å². The van der Waals surface area contributed by atoms with Crippen LogP contribution >= 0.6 is 11.8 Å².